The highest BCUT2D eigenvalue weighted by Crippen LogP contribution is 2.42. The van der Waals surface area contributed by atoms with Gasteiger partial charge >= 0.3 is 0 Å². The number of thiophene rings is 1. The topological polar surface area (TPSA) is 69.4 Å². The molecule has 0 amide bonds. The number of benzene rings is 5. The summed E-state index contributed by atoms with van der Waals surface area (Å²) in [6.07, 6.45) is 3.53. The van der Waals surface area contributed by atoms with Gasteiger partial charge in [0.05, 0.1) is 15.7 Å². The van der Waals surface area contributed by atoms with Crippen LogP contribution in [0.4, 0.5) is 0 Å². The van der Waals surface area contributed by atoms with Gasteiger partial charge in [-0.2, -0.15) is 0 Å². The molecule has 0 unspecified atom stereocenters. The van der Waals surface area contributed by atoms with E-state index >= 15 is 0 Å². The number of nitrogens with zero attached hydrogens (tertiary/aromatic N) is 6. The van der Waals surface area contributed by atoms with Gasteiger partial charge in [-0.25, -0.2) is 24.9 Å². The van der Waals surface area contributed by atoms with Crippen LogP contribution < -0.4 is 0 Å². The lowest BCUT2D eigenvalue weighted by atomic mass is 10.1. The maximum Gasteiger partial charge on any atom is 0.164 e. The fraction of sp³-hybridized carbons (Fsp3) is 0. The van der Waals surface area contributed by atoms with Gasteiger partial charge < -0.3 is 4.57 Å². The van der Waals surface area contributed by atoms with Gasteiger partial charge in [0.2, 0.25) is 0 Å². The first-order valence-corrected chi connectivity index (χ1v) is 15.2. The normalized spacial score (nSPS) is 11.6. The molecule has 0 saturated heterocycles. The Kier molecular flexibility index (Phi) is 5.57. The number of hydrogen-bond donors (Lipinski definition) is 0. The highest BCUT2D eigenvalue weighted by Gasteiger charge is 2.19. The maximum atomic E-state index is 4.98. The van der Waals surface area contributed by atoms with Crippen molar-refractivity contribution < 1.29 is 0 Å². The molecule has 9 aromatic rings. The van der Waals surface area contributed by atoms with E-state index in [1.165, 1.54) is 15.5 Å². The van der Waals surface area contributed by atoms with Crippen molar-refractivity contribution in [2.75, 3.05) is 0 Å². The zero-order valence-electron chi connectivity index (χ0n) is 23.3. The summed E-state index contributed by atoms with van der Waals surface area (Å²) in [6.45, 7) is 0. The fourth-order valence-corrected chi connectivity index (χ4v) is 7.17. The van der Waals surface area contributed by atoms with E-state index in [0.29, 0.717) is 17.5 Å². The Hall–Kier alpha value is -5.79. The predicted molar refractivity (Wildman–Crippen MR) is 179 cm³/mol. The quantitative estimate of drug-likeness (QED) is 0.207. The van der Waals surface area contributed by atoms with Crippen LogP contribution in [0.15, 0.2) is 134 Å². The zero-order chi connectivity index (χ0) is 29.0. The largest absolute Gasteiger partial charge is 0.308 e. The average molecular weight is 583 g/mol. The van der Waals surface area contributed by atoms with Crippen LogP contribution in [0.3, 0.4) is 0 Å². The molecule has 0 fully saturated rings. The Bertz CT molecular complexity index is 2440. The van der Waals surface area contributed by atoms with Crippen molar-refractivity contribution >= 4 is 53.4 Å². The van der Waals surface area contributed by atoms with Gasteiger partial charge in [0.1, 0.15) is 11.2 Å². The summed E-state index contributed by atoms with van der Waals surface area (Å²) in [5, 5.41) is 4.65. The van der Waals surface area contributed by atoms with Crippen molar-refractivity contribution in [1.82, 2.24) is 29.5 Å². The minimum atomic E-state index is 0.627. The number of fused-ring (bicyclic) bond motifs is 7. The van der Waals surface area contributed by atoms with Gasteiger partial charge in [-0.15, -0.1) is 11.3 Å². The fourth-order valence-electron chi connectivity index (χ4n) is 6.01. The zero-order valence-corrected chi connectivity index (χ0v) is 24.1. The second-order valence-corrected chi connectivity index (χ2v) is 11.6. The Balaban J connectivity index is 1.30. The first kappa shape index (κ1) is 24.8. The van der Waals surface area contributed by atoms with Crippen LogP contribution in [0.25, 0.3) is 82.0 Å². The molecule has 5 aromatic carbocycles. The number of aromatic nitrogens is 6. The smallest absolute Gasteiger partial charge is 0.164 e. The molecule has 4 aromatic heterocycles. The minimum absolute atomic E-state index is 0.627. The van der Waals surface area contributed by atoms with Crippen LogP contribution in [0, 0.1) is 0 Å². The molecular formula is C37H22N6S. The van der Waals surface area contributed by atoms with Crippen molar-refractivity contribution in [2.24, 2.45) is 0 Å². The van der Waals surface area contributed by atoms with E-state index in [2.05, 4.69) is 75.2 Å². The first-order chi connectivity index (χ1) is 21.8. The third-order valence-electron chi connectivity index (χ3n) is 8.02. The van der Waals surface area contributed by atoms with Crippen LogP contribution in [0.1, 0.15) is 0 Å². The van der Waals surface area contributed by atoms with Crippen molar-refractivity contribution in [3.8, 4) is 39.9 Å². The molecule has 0 aliphatic carbocycles. The minimum Gasteiger partial charge on any atom is -0.308 e. The summed E-state index contributed by atoms with van der Waals surface area (Å²) >= 11 is 1.71. The molecule has 9 rings (SSSR count). The lowest BCUT2D eigenvalue weighted by Gasteiger charge is -2.12. The van der Waals surface area contributed by atoms with E-state index < -0.39 is 0 Å². The molecule has 0 spiro atoms. The van der Waals surface area contributed by atoms with Gasteiger partial charge in [-0.05, 0) is 18.2 Å². The number of para-hydroxylation sites is 1. The molecule has 44 heavy (non-hydrogen) atoms. The van der Waals surface area contributed by atoms with E-state index in [1.807, 2.05) is 66.9 Å². The lowest BCUT2D eigenvalue weighted by molar-refractivity contribution is 1.07. The van der Waals surface area contributed by atoms with E-state index in [9.17, 15) is 0 Å². The predicted octanol–water partition coefficient (Wildman–Crippen LogP) is 9.13. The standard InChI is InChI=1S/C37H22N6S/c1-3-10-23(11-4-1)34-40-35(24-12-5-2-6-13-24)42-36(41-34)25-14-9-15-26(20-25)43-31-17-8-7-16-27(31)28-18-19-29-30-21-38-22-39-37(30)44-33(29)32(28)43/h1-22H. The molecule has 0 bridgehead atoms. The third-order valence-corrected chi connectivity index (χ3v) is 9.15. The van der Waals surface area contributed by atoms with E-state index in [-0.39, 0.29) is 0 Å². The van der Waals surface area contributed by atoms with Crippen LogP contribution in [0.2, 0.25) is 0 Å². The Morgan fingerprint density at radius 2 is 1.16 bits per heavy atom. The third kappa shape index (κ3) is 3.91. The number of rotatable bonds is 4. The molecular weight excluding hydrogens is 561 g/mol. The molecule has 0 saturated carbocycles. The van der Waals surface area contributed by atoms with E-state index in [0.717, 1.165) is 49.0 Å². The monoisotopic (exact) mass is 582 g/mol. The molecule has 0 aliphatic heterocycles. The van der Waals surface area contributed by atoms with Crippen LogP contribution in [0.5, 0.6) is 0 Å². The molecule has 7 heteroatoms. The van der Waals surface area contributed by atoms with Crippen LogP contribution in [-0.2, 0) is 0 Å². The van der Waals surface area contributed by atoms with Gasteiger partial charge in [0, 0.05) is 50.1 Å². The van der Waals surface area contributed by atoms with Crippen molar-refractivity contribution in [3.63, 3.8) is 0 Å². The maximum absolute atomic E-state index is 4.98. The first-order valence-electron chi connectivity index (χ1n) is 14.3. The molecule has 0 atom stereocenters. The highest BCUT2D eigenvalue weighted by molar-refractivity contribution is 7.26. The highest BCUT2D eigenvalue weighted by atomic mass is 32.1. The van der Waals surface area contributed by atoms with Crippen molar-refractivity contribution in [2.45, 2.75) is 0 Å². The summed E-state index contributed by atoms with van der Waals surface area (Å²) < 4.78 is 3.55. The summed E-state index contributed by atoms with van der Waals surface area (Å²) in [6, 6.07) is 41.6. The van der Waals surface area contributed by atoms with E-state index in [1.54, 1.807) is 17.7 Å². The van der Waals surface area contributed by atoms with Gasteiger partial charge in [-0.1, -0.05) is 103 Å². The summed E-state index contributed by atoms with van der Waals surface area (Å²) in [7, 11) is 0. The van der Waals surface area contributed by atoms with Gasteiger partial charge in [-0.3, -0.25) is 0 Å². The molecule has 6 nitrogen and oxygen atoms in total. The van der Waals surface area contributed by atoms with Crippen LogP contribution >= 0.6 is 11.3 Å². The summed E-state index contributed by atoms with van der Waals surface area (Å²) in [5.41, 5.74) is 6.15. The SMILES string of the molecule is c1ccc(-c2nc(-c3ccccc3)nc(-c3cccc(-n4c5ccccc5c5ccc6c7cncnc7sc6c54)c3)n2)cc1. The lowest BCUT2D eigenvalue weighted by Crippen LogP contribution is -2.01. The van der Waals surface area contributed by atoms with E-state index in [4.69, 9.17) is 15.0 Å². The number of hydrogen-bond acceptors (Lipinski definition) is 6. The Morgan fingerprint density at radius 3 is 1.91 bits per heavy atom. The molecule has 0 radical (unpaired) electrons. The Morgan fingerprint density at radius 1 is 0.523 bits per heavy atom. The second kappa shape index (κ2) is 9.90. The van der Waals surface area contributed by atoms with Crippen molar-refractivity contribution in [3.05, 3.63) is 134 Å². The molecule has 4 heterocycles. The molecule has 0 aliphatic rings. The van der Waals surface area contributed by atoms with Gasteiger partial charge in [0.25, 0.3) is 0 Å². The Labute approximate surface area is 256 Å². The summed E-state index contributed by atoms with van der Waals surface area (Å²) in [4.78, 5) is 24.7. The van der Waals surface area contributed by atoms with Crippen molar-refractivity contribution in [1.29, 1.82) is 0 Å². The van der Waals surface area contributed by atoms with Gasteiger partial charge in [0.15, 0.2) is 17.5 Å². The average Bonchev–Trinajstić information content (AvgIpc) is 3.65. The summed E-state index contributed by atoms with van der Waals surface area (Å²) in [5.74, 6) is 1.91. The molecule has 206 valence electrons. The van der Waals surface area contributed by atoms with Crippen LogP contribution in [-0.4, -0.2) is 29.5 Å². The molecule has 0 N–H and O–H groups in total. The second-order valence-electron chi connectivity index (χ2n) is 10.6.